The van der Waals surface area contributed by atoms with Crippen LogP contribution in [-0.4, -0.2) is 20.5 Å². The van der Waals surface area contributed by atoms with Gasteiger partial charge in [0.05, 0.1) is 22.8 Å². The van der Waals surface area contributed by atoms with Crippen molar-refractivity contribution in [3.63, 3.8) is 0 Å². The van der Waals surface area contributed by atoms with Gasteiger partial charge in [-0.3, -0.25) is 0 Å². The molecule has 1 aromatic carbocycles. The molecule has 0 aliphatic heterocycles. The number of fused-ring (bicyclic) bond motifs is 1. The lowest BCUT2D eigenvalue weighted by molar-refractivity contribution is 0.315. The van der Waals surface area contributed by atoms with Crippen molar-refractivity contribution in [3.8, 4) is 0 Å². The van der Waals surface area contributed by atoms with Crippen molar-refractivity contribution >= 4 is 16.7 Å². The summed E-state index contributed by atoms with van der Waals surface area (Å²) in [4.78, 5) is 4.55. The smallest absolute Gasteiger partial charge is 0.107 e. The minimum atomic E-state index is 0.174. The van der Waals surface area contributed by atoms with Crippen molar-refractivity contribution in [2.24, 2.45) is 5.16 Å². The third-order valence-corrected chi connectivity index (χ3v) is 3.51. The van der Waals surface area contributed by atoms with Gasteiger partial charge >= 0.3 is 0 Å². The molecule has 0 bridgehead atoms. The normalized spacial score (nSPS) is 22.6. The summed E-state index contributed by atoms with van der Waals surface area (Å²) in [6.07, 6.45) is 2.99. The second-order valence-electron chi connectivity index (χ2n) is 4.52. The Kier molecular flexibility index (Phi) is 2.35. The Bertz CT molecular complexity index is 585. The molecule has 0 unspecified atom stereocenters. The standard InChI is InChI=1S/C13H15N3O/c1-9-14-10-5-2-3-7-12(10)16(9)13-8-4-6-11(13)15-17/h2-3,5,7,13,17H,4,6,8H2,1H3/b15-11-/t13-/m0/s1. The Balaban J connectivity index is 2.20. The van der Waals surface area contributed by atoms with E-state index in [-0.39, 0.29) is 6.04 Å². The van der Waals surface area contributed by atoms with Gasteiger partial charge in [0, 0.05) is 0 Å². The summed E-state index contributed by atoms with van der Waals surface area (Å²) in [7, 11) is 0. The highest BCUT2D eigenvalue weighted by Crippen LogP contribution is 2.31. The molecule has 1 N–H and O–H groups in total. The summed E-state index contributed by atoms with van der Waals surface area (Å²) < 4.78 is 2.19. The van der Waals surface area contributed by atoms with Crippen molar-refractivity contribution in [2.45, 2.75) is 32.2 Å². The molecule has 1 heterocycles. The molecule has 4 nitrogen and oxygen atoms in total. The van der Waals surface area contributed by atoms with Crippen LogP contribution >= 0.6 is 0 Å². The lowest BCUT2D eigenvalue weighted by Crippen LogP contribution is -2.15. The first-order chi connectivity index (χ1) is 8.31. The molecule has 0 spiro atoms. The SMILES string of the molecule is Cc1nc2ccccc2n1[C@H]1CCC/C1=N/O. The predicted molar refractivity (Wildman–Crippen MR) is 66.6 cm³/mol. The van der Waals surface area contributed by atoms with Crippen LogP contribution in [0.5, 0.6) is 0 Å². The van der Waals surface area contributed by atoms with Crippen molar-refractivity contribution < 1.29 is 5.21 Å². The predicted octanol–water partition coefficient (Wildman–Crippen LogP) is 2.90. The maximum atomic E-state index is 9.05. The van der Waals surface area contributed by atoms with E-state index in [0.29, 0.717) is 0 Å². The van der Waals surface area contributed by atoms with Crippen LogP contribution < -0.4 is 0 Å². The number of nitrogens with zero attached hydrogens (tertiary/aromatic N) is 3. The highest BCUT2D eigenvalue weighted by Gasteiger charge is 2.27. The van der Waals surface area contributed by atoms with Gasteiger partial charge in [0.2, 0.25) is 0 Å². The topological polar surface area (TPSA) is 50.4 Å². The van der Waals surface area contributed by atoms with Crippen LogP contribution in [0.3, 0.4) is 0 Å². The van der Waals surface area contributed by atoms with Crippen LogP contribution in [0.25, 0.3) is 11.0 Å². The van der Waals surface area contributed by atoms with Gasteiger partial charge in [-0.2, -0.15) is 0 Å². The van der Waals surface area contributed by atoms with Gasteiger partial charge in [-0.25, -0.2) is 4.98 Å². The molecule has 3 rings (SSSR count). The van der Waals surface area contributed by atoms with E-state index in [1.807, 2.05) is 25.1 Å². The van der Waals surface area contributed by atoms with Gasteiger partial charge < -0.3 is 9.77 Å². The Hall–Kier alpha value is -1.84. The van der Waals surface area contributed by atoms with Gasteiger partial charge in [0.25, 0.3) is 0 Å². The Labute approximate surface area is 99.6 Å². The van der Waals surface area contributed by atoms with E-state index in [1.165, 1.54) is 0 Å². The number of aryl methyl sites for hydroxylation is 1. The van der Waals surface area contributed by atoms with Crippen LogP contribution in [0.15, 0.2) is 29.4 Å². The minimum absolute atomic E-state index is 0.174. The summed E-state index contributed by atoms with van der Waals surface area (Å²) in [5.41, 5.74) is 3.00. The van der Waals surface area contributed by atoms with E-state index in [1.54, 1.807) is 0 Å². The van der Waals surface area contributed by atoms with Crippen LogP contribution in [-0.2, 0) is 0 Å². The molecule has 1 aliphatic carbocycles. The third-order valence-electron chi connectivity index (χ3n) is 3.51. The highest BCUT2D eigenvalue weighted by molar-refractivity contribution is 5.91. The van der Waals surface area contributed by atoms with Crippen LogP contribution in [0, 0.1) is 6.92 Å². The Morgan fingerprint density at radius 3 is 3.06 bits per heavy atom. The molecule has 0 radical (unpaired) electrons. The summed E-state index contributed by atoms with van der Waals surface area (Å²) >= 11 is 0. The summed E-state index contributed by atoms with van der Waals surface area (Å²) in [5.74, 6) is 0.985. The molecule has 17 heavy (non-hydrogen) atoms. The Morgan fingerprint density at radius 1 is 1.41 bits per heavy atom. The lowest BCUT2D eigenvalue weighted by atomic mass is 10.2. The quantitative estimate of drug-likeness (QED) is 0.603. The number of hydrogen-bond acceptors (Lipinski definition) is 3. The lowest BCUT2D eigenvalue weighted by Gasteiger charge is -2.15. The van der Waals surface area contributed by atoms with Crippen molar-refractivity contribution in [1.29, 1.82) is 0 Å². The molecule has 1 atom stereocenters. The zero-order valence-corrected chi connectivity index (χ0v) is 9.80. The first kappa shape index (κ1) is 10.3. The summed E-state index contributed by atoms with van der Waals surface area (Å²) in [6.45, 7) is 2.01. The fourth-order valence-electron chi connectivity index (χ4n) is 2.76. The van der Waals surface area contributed by atoms with E-state index in [4.69, 9.17) is 5.21 Å². The van der Waals surface area contributed by atoms with E-state index in [0.717, 1.165) is 41.8 Å². The minimum Gasteiger partial charge on any atom is -0.411 e. The van der Waals surface area contributed by atoms with Gasteiger partial charge in [-0.15, -0.1) is 0 Å². The van der Waals surface area contributed by atoms with E-state index >= 15 is 0 Å². The first-order valence-electron chi connectivity index (χ1n) is 5.95. The zero-order chi connectivity index (χ0) is 11.8. The molecule has 1 fully saturated rings. The van der Waals surface area contributed by atoms with Crippen LogP contribution in [0.1, 0.15) is 31.1 Å². The number of para-hydroxylation sites is 2. The average molecular weight is 229 g/mol. The fourth-order valence-corrected chi connectivity index (χ4v) is 2.76. The van der Waals surface area contributed by atoms with Gasteiger partial charge in [-0.05, 0) is 38.3 Å². The summed E-state index contributed by atoms with van der Waals surface area (Å²) in [6, 6.07) is 8.28. The van der Waals surface area contributed by atoms with E-state index < -0.39 is 0 Å². The number of oxime groups is 1. The molecule has 88 valence electrons. The number of rotatable bonds is 1. The number of imidazole rings is 1. The molecule has 4 heteroatoms. The van der Waals surface area contributed by atoms with Crippen molar-refractivity contribution in [3.05, 3.63) is 30.1 Å². The highest BCUT2D eigenvalue weighted by atomic mass is 16.4. The molecule has 2 aromatic rings. The number of aromatic nitrogens is 2. The third kappa shape index (κ3) is 1.52. The molecular formula is C13H15N3O. The second-order valence-corrected chi connectivity index (χ2v) is 4.52. The van der Waals surface area contributed by atoms with E-state index in [9.17, 15) is 0 Å². The van der Waals surface area contributed by atoms with Crippen molar-refractivity contribution in [1.82, 2.24) is 9.55 Å². The maximum absolute atomic E-state index is 9.05. The maximum Gasteiger partial charge on any atom is 0.107 e. The fraction of sp³-hybridized carbons (Fsp3) is 0.385. The van der Waals surface area contributed by atoms with Gasteiger partial charge in [-0.1, -0.05) is 17.3 Å². The first-order valence-corrected chi connectivity index (χ1v) is 5.95. The van der Waals surface area contributed by atoms with Crippen molar-refractivity contribution in [2.75, 3.05) is 0 Å². The largest absolute Gasteiger partial charge is 0.411 e. The Morgan fingerprint density at radius 2 is 2.24 bits per heavy atom. The molecule has 1 saturated carbocycles. The van der Waals surface area contributed by atoms with Crippen LogP contribution in [0.2, 0.25) is 0 Å². The number of benzene rings is 1. The average Bonchev–Trinajstić information content (AvgIpc) is 2.90. The molecule has 1 aliphatic rings. The molecule has 0 saturated heterocycles. The van der Waals surface area contributed by atoms with Gasteiger partial charge in [0.1, 0.15) is 5.82 Å². The molecule has 1 aromatic heterocycles. The monoisotopic (exact) mass is 229 g/mol. The number of hydrogen-bond donors (Lipinski definition) is 1. The van der Waals surface area contributed by atoms with Gasteiger partial charge in [0.15, 0.2) is 0 Å². The van der Waals surface area contributed by atoms with E-state index in [2.05, 4.69) is 20.8 Å². The molecular weight excluding hydrogens is 214 g/mol. The zero-order valence-electron chi connectivity index (χ0n) is 9.80. The van der Waals surface area contributed by atoms with Crippen LogP contribution in [0.4, 0.5) is 0 Å². The second kappa shape index (κ2) is 3.87. The summed E-state index contributed by atoms with van der Waals surface area (Å²) in [5, 5.41) is 12.5. The molecule has 0 amide bonds.